The van der Waals surface area contributed by atoms with E-state index in [1.165, 1.54) is 32.9 Å². The van der Waals surface area contributed by atoms with Gasteiger partial charge in [0.25, 0.3) is 0 Å². The summed E-state index contributed by atoms with van der Waals surface area (Å²) in [7, 11) is 4.44. The molecule has 0 aromatic heterocycles. The summed E-state index contributed by atoms with van der Waals surface area (Å²) < 4.78 is 46.6. The van der Waals surface area contributed by atoms with Gasteiger partial charge >= 0.3 is 5.97 Å². The van der Waals surface area contributed by atoms with Gasteiger partial charge in [0.15, 0.2) is 29.8 Å². The number of hydrogen-bond donors (Lipinski definition) is 1. The van der Waals surface area contributed by atoms with Crippen LogP contribution in [-0.2, 0) is 41.6 Å². The number of likely N-dealkylation sites (N-methyl/N-ethyl adjacent to an activating group) is 1. The Hall–Kier alpha value is -4.97. The molecule has 0 radical (unpaired) electrons. The topological polar surface area (TPSA) is 176 Å². The van der Waals surface area contributed by atoms with E-state index in [0.29, 0.717) is 48.8 Å². The SMILES string of the molecule is CNC(=O)C(C)N(C(=O)[C@H](Cc1cc(C)c(OC)c(OCc2ccccc2)c1I)N=C([O-])OC(C)(C)C)[C@@H](COC(C)=O)c1cc(OCOC)c(C)c2c1OCO2. The van der Waals surface area contributed by atoms with Crippen molar-refractivity contribution < 1.29 is 57.4 Å². The molecule has 3 atom stereocenters. The number of nitrogens with one attached hydrogen (secondary N) is 1. The monoisotopic (exact) mass is 904 g/mol. The van der Waals surface area contributed by atoms with E-state index in [4.69, 9.17) is 37.9 Å². The smallest absolute Gasteiger partial charge is 0.302 e. The highest BCUT2D eigenvalue weighted by Crippen LogP contribution is 2.47. The van der Waals surface area contributed by atoms with E-state index in [1.54, 1.807) is 40.9 Å². The molecule has 4 rings (SSSR count). The average molecular weight is 905 g/mol. The highest BCUT2D eigenvalue weighted by Gasteiger charge is 2.41. The van der Waals surface area contributed by atoms with Crippen molar-refractivity contribution in [2.45, 2.75) is 85.2 Å². The number of amides is 2. The molecule has 3 aromatic carbocycles. The van der Waals surface area contributed by atoms with Gasteiger partial charge in [-0.1, -0.05) is 57.2 Å². The summed E-state index contributed by atoms with van der Waals surface area (Å²) in [6.07, 6.45) is -1.12. The van der Waals surface area contributed by atoms with Crippen LogP contribution in [0.5, 0.6) is 28.7 Å². The highest BCUT2D eigenvalue weighted by molar-refractivity contribution is 14.1. The second-order valence-corrected chi connectivity index (χ2v) is 15.3. The van der Waals surface area contributed by atoms with E-state index in [2.05, 4.69) is 32.9 Å². The molecule has 0 aliphatic carbocycles. The van der Waals surface area contributed by atoms with Crippen molar-refractivity contribution in [2.75, 3.05) is 41.5 Å². The summed E-state index contributed by atoms with van der Waals surface area (Å²) in [4.78, 5) is 46.8. The van der Waals surface area contributed by atoms with Crippen LogP contribution in [0, 0.1) is 17.4 Å². The molecule has 1 heterocycles. The van der Waals surface area contributed by atoms with Gasteiger partial charge in [0.1, 0.15) is 37.1 Å². The molecule has 1 aliphatic heterocycles. The minimum atomic E-state index is -1.46. The van der Waals surface area contributed by atoms with Crippen molar-refractivity contribution >= 4 is 46.5 Å². The molecule has 0 saturated heterocycles. The highest BCUT2D eigenvalue weighted by atomic mass is 127. The first-order valence-corrected chi connectivity index (χ1v) is 19.3. The number of aryl methyl sites for hydroxylation is 1. The third-order valence-electron chi connectivity index (χ3n) is 8.86. The fourth-order valence-corrected chi connectivity index (χ4v) is 7.02. The van der Waals surface area contributed by atoms with Crippen molar-refractivity contribution in [1.29, 1.82) is 0 Å². The van der Waals surface area contributed by atoms with Crippen LogP contribution in [0.15, 0.2) is 47.5 Å². The summed E-state index contributed by atoms with van der Waals surface area (Å²) in [5, 5.41) is 16.1. The lowest BCUT2D eigenvalue weighted by molar-refractivity contribution is -0.261. The molecule has 0 saturated carbocycles. The largest absolute Gasteiger partial charge is 0.595 e. The second-order valence-electron chi connectivity index (χ2n) is 14.2. The molecular weight excluding hydrogens is 853 g/mol. The van der Waals surface area contributed by atoms with E-state index in [-0.39, 0.29) is 32.4 Å². The lowest BCUT2D eigenvalue weighted by Gasteiger charge is -2.38. The number of ether oxygens (including phenoxy) is 8. The van der Waals surface area contributed by atoms with E-state index in [9.17, 15) is 14.7 Å². The zero-order chi connectivity index (χ0) is 42.0. The van der Waals surface area contributed by atoms with Crippen LogP contribution in [0.25, 0.3) is 0 Å². The van der Waals surface area contributed by atoms with Gasteiger partial charge < -0.3 is 53.2 Å². The first-order valence-electron chi connectivity index (χ1n) is 18.2. The van der Waals surface area contributed by atoms with Crippen LogP contribution in [0.4, 0.5) is 0 Å². The zero-order valence-corrected chi connectivity index (χ0v) is 36.1. The number of carbonyl (C=O) groups is 3. The number of rotatable bonds is 17. The third kappa shape index (κ3) is 11.3. The van der Waals surface area contributed by atoms with Gasteiger partial charge in [-0.15, -0.1) is 0 Å². The maximum absolute atomic E-state index is 15.3. The minimum absolute atomic E-state index is 0.111. The Kier molecular flexibility index (Phi) is 15.7. The normalized spacial score (nSPS) is 13.9. The lowest BCUT2D eigenvalue weighted by Crippen LogP contribution is -2.53. The molecule has 1 N–H and O–H groups in total. The van der Waals surface area contributed by atoms with Gasteiger partial charge in [-0.25, -0.2) is 0 Å². The van der Waals surface area contributed by atoms with Gasteiger partial charge in [-0.2, -0.15) is 0 Å². The number of fused-ring (bicyclic) bond motifs is 1. The van der Waals surface area contributed by atoms with Gasteiger partial charge in [-0.3, -0.25) is 19.4 Å². The molecule has 0 fully saturated rings. The molecule has 57 heavy (non-hydrogen) atoms. The van der Waals surface area contributed by atoms with E-state index in [1.807, 2.05) is 43.3 Å². The number of carbonyl (C=O) groups excluding carboxylic acids is 3. The number of aliphatic imine (C=N–C) groups is 1. The first kappa shape index (κ1) is 44.7. The molecule has 15 nitrogen and oxygen atoms in total. The van der Waals surface area contributed by atoms with Crippen molar-refractivity contribution in [2.24, 2.45) is 4.99 Å². The Balaban J connectivity index is 1.94. The number of halogens is 1. The zero-order valence-electron chi connectivity index (χ0n) is 34.0. The Morgan fingerprint density at radius 2 is 1.72 bits per heavy atom. The Morgan fingerprint density at radius 1 is 1.04 bits per heavy atom. The summed E-state index contributed by atoms with van der Waals surface area (Å²) >= 11 is 2.13. The molecule has 16 heteroatoms. The summed E-state index contributed by atoms with van der Waals surface area (Å²) in [5.41, 5.74) is 2.21. The fourth-order valence-electron chi connectivity index (χ4n) is 6.24. The van der Waals surface area contributed by atoms with E-state index < -0.39 is 54.2 Å². The average Bonchev–Trinajstić information content (AvgIpc) is 3.66. The molecule has 0 spiro atoms. The fraction of sp³-hybridized carbons (Fsp3) is 0.463. The van der Waals surface area contributed by atoms with Gasteiger partial charge in [-0.05, 0) is 66.1 Å². The molecule has 310 valence electrons. The molecule has 0 bridgehead atoms. The Labute approximate surface area is 347 Å². The third-order valence-corrected chi connectivity index (χ3v) is 10.0. The first-order chi connectivity index (χ1) is 27.0. The molecule has 2 amide bonds. The van der Waals surface area contributed by atoms with Crippen LogP contribution in [0.3, 0.4) is 0 Å². The Morgan fingerprint density at radius 3 is 2.33 bits per heavy atom. The quantitative estimate of drug-likeness (QED) is 0.0638. The van der Waals surface area contributed by atoms with Crippen molar-refractivity contribution in [3.63, 3.8) is 0 Å². The predicted octanol–water partition coefficient (Wildman–Crippen LogP) is 4.92. The standard InChI is InChI=1S/C41H52IN3O12/c1-23-16-28(33(42)37(34(23)51-10)53-19-27-14-12-11-13-15-27)17-30(44-40(49)57-41(5,6)7)39(48)45(25(3)38(47)43-8)31(20-52-26(4)46)29-18-32(54-21-50-9)24(2)35-36(29)56-22-55-35/h11-16,18,25,30-31H,17,19-22H2,1-10H3,(H,43,47)(H,44,49)/p-1/t25?,30-,31-/m0/s1. The van der Waals surface area contributed by atoms with Gasteiger partial charge in [0.05, 0.1) is 16.7 Å². The molecular formula is C41H51IN3O12-. The van der Waals surface area contributed by atoms with Crippen LogP contribution in [-0.4, -0.2) is 87.9 Å². The van der Waals surface area contributed by atoms with E-state index >= 15 is 4.79 Å². The number of esters is 1. The van der Waals surface area contributed by atoms with Gasteiger partial charge in [0, 0.05) is 44.2 Å². The van der Waals surface area contributed by atoms with Crippen molar-refractivity contribution in [3.8, 4) is 28.7 Å². The van der Waals surface area contributed by atoms with Crippen LogP contribution in [0.1, 0.15) is 68.5 Å². The van der Waals surface area contributed by atoms with Gasteiger partial charge in [0.2, 0.25) is 18.6 Å². The molecule has 1 unspecified atom stereocenters. The Bertz CT molecular complexity index is 1930. The second kappa shape index (κ2) is 19.9. The van der Waals surface area contributed by atoms with Crippen LogP contribution in [0.2, 0.25) is 0 Å². The van der Waals surface area contributed by atoms with Crippen LogP contribution < -0.4 is 34.1 Å². The maximum atomic E-state index is 15.3. The number of methoxy groups -OCH3 is 2. The summed E-state index contributed by atoms with van der Waals surface area (Å²) in [6.45, 7) is 11.0. The number of hydrogen-bond acceptors (Lipinski definition) is 13. The van der Waals surface area contributed by atoms with Crippen molar-refractivity contribution in [1.82, 2.24) is 10.2 Å². The minimum Gasteiger partial charge on any atom is -0.595 e. The van der Waals surface area contributed by atoms with Crippen molar-refractivity contribution in [3.05, 3.63) is 73.9 Å². The molecule has 1 aliphatic rings. The van der Waals surface area contributed by atoms with Crippen LogP contribution >= 0.6 is 22.6 Å². The summed E-state index contributed by atoms with van der Waals surface area (Å²) in [6, 6.07) is 9.21. The number of benzene rings is 3. The van der Waals surface area contributed by atoms with E-state index in [0.717, 1.165) is 5.56 Å². The maximum Gasteiger partial charge on any atom is 0.302 e. The summed E-state index contributed by atoms with van der Waals surface area (Å²) in [5.74, 6) is -0.0503. The predicted molar refractivity (Wildman–Crippen MR) is 217 cm³/mol. The lowest BCUT2D eigenvalue weighted by atomic mass is 9.96. The molecule has 3 aromatic rings. The number of nitrogens with zero attached hydrogens (tertiary/aromatic N) is 2.